The highest BCUT2D eigenvalue weighted by atomic mass is 16.7. The smallest absolute Gasteiger partial charge is 0.249 e. The van der Waals surface area contributed by atoms with Crippen LogP contribution >= 0.6 is 0 Å². The van der Waals surface area contributed by atoms with Gasteiger partial charge in [0.2, 0.25) is 5.91 Å². The number of ether oxygens (including phenoxy) is 2. The second-order valence-corrected chi connectivity index (χ2v) is 23.9. The van der Waals surface area contributed by atoms with Gasteiger partial charge in [-0.25, -0.2) is 0 Å². The van der Waals surface area contributed by atoms with E-state index in [-0.39, 0.29) is 12.8 Å². The first-order valence-corrected chi connectivity index (χ1v) is 33.7. The molecule has 0 radical (unpaired) electrons. The predicted molar refractivity (Wildman–Crippen MR) is 326 cm³/mol. The van der Waals surface area contributed by atoms with Crippen molar-refractivity contribution in [2.75, 3.05) is 13.2 Å². The van der Waals surface area contributed by atoms with Gasteiger partial charge in [-0.1, -0.05) is 301 Å². The lowest BCUT2D eigenvalue weighted by Gasteiger charge is -2.40. The van der Waals surface area contributed by atoms with Crippen molar-refractivity contribution in [2.24, 2.45) is 0 Å². The van der Waals surface area contributed by atoms with E-state index < -0.39 is 74.2 Å². The van der Waals surface area contributed by atoms with Crippen LogP contribution in [0.15, 0.2) is 24.3 Å². The van der Waals surface area contributed by atoms with Gasteiger partial charge in [0.15, 0.2) is 6.29 Å². The van der Waals surface area contributed by atoms with Crippen LogP contribution in [0.2, 0.25) is 0 Å². The molecule has 1 saturated heterocycles. The van der Waals surface area contributed by atoms with Gasteiger partial charge in [-0.3, -0.25) is 4.79 Å². The van der Waals surface area contributed by atoms with Crippen LogP contribution in [-0.4, -0.2) is 110 Å². The minimum atomic E-state index is -1.67. The van der Waals surface area contributed by atoms with Crippen LogP contribution < -0.4 is 5.32 Å². The quantitative estimate of drug-likeness (QED) is 0.0215. The molecule has 1 rings (SSSR count). The topological polar surface area (TPSA) is 189 Å². The van der Waals surface area contributed by atoms with Gasteiger partial charge in [0, 0.05) is 0 Å². The fourth-order valence-electron chi connectivity index (χ4n) is 11.1. The number of carbonyl (C=O) groups excluding carboxylic acids is 1. The summed E-state index contributed by atoms with van der Waals surface area (Å²) in [6.07, 6.45) is 58.3. The maximum absolute atomic E-state index is 13.2. The number of aliphatic hydroxyl groups excluding tert-OH is 7. The molecule has 0 saturated carbocycles. The molecule has 11 heteroatoms. The van der Waals surface area contributed by atoms with Crippen LogP contribution in [0, 0.1) is 0 Å². The van der Waals surface area contributed by atoms with Crippen molar-refractivity contribution in [1.82, 2.24) is 5.32 Å². The van der Waals surface area contributed by atoms with Crippen molar-refractivity contribution >= 4 is 5.91 Å². The highest BCUT2D eigenvalue weighted by molar-refractivity contribution is 5.80. The number of amides is 1. The standard InChI is InChI=1S/C67H129NO10/c1-3-5-7-9-11-13-15-17-19-21-23-25-27-29-31-33-35-37-39-41-43-45-47-49-51-53-55-60(71)66(76)68-58(57-77-67-65(75)64(74)63(73)61(56-69)78-67)62(72)59(70)54-52-50-48-46-44-42-40-38-36-34-32-30-28-26-24-22-20-18-16-14-12-10-8-6-4-2/h38,40,46,48,58-65,67,69-75H,3-37,39,41-45,47,49-57H2,1-2H3,(H,68,76)/b40-38+,48-46+. The van der Waals surface area contributed by atoms with E-state index in [4.69, 9.17) is 9.47 Å². The molecule has 78 heavy (non-hydrogen) atoms. The second kappa shape index (κ2) is 56.1. The van der Waals surface area contributed by atoms with Crippen molar-refractivity contribution in [1.29, 1.82) is 0 Å². The number of rotatable bonds is 59. The average Bonchev–Trinajstić information content (AvgIpc) is 3.46. The third kappa shape index (κ3) is 43.3. The van der Waals surface area contributed by atoms with Crippen molar-refractivity contribution in [3.63, 3.8) is 0 Å². The number of nitrogens with one attached hydrogen (secondary N) is 1. The molecule has 9 atom stereocenters. The van der Waals surface area contributed by atoms with Crippen LogP contribution in [0.3, 0.4) is 0 Å². The molecule has 1 aliphatic rings. The lowest BCUT2D eigenvalue weighted by molar-refractivity contribution is -0.303. The Morgan fingerprint density at radius 1 is 0.436 bits per heavy atom. The molecule has 1 aliphatic heterocycles. The summed E-state index contributed by atoms with van der Waals surface area (Å²) in [5.41, 5.74) is 0. The third-order valence-electron chi connectivity index (χ3n) is 16.5. The summed E-state index contributed by atoms with van der Waals surface area (Å²) < 4.78 is 11.2. The van der Waals surface area contributed by atoms with Crippen LogP contribution in [-0.2, 0) is 14.3 Å². The molecule has 8 N–H and O–H groups in total. The molecule has 11 nitrogen and oxygen atoms in total. The fourth-order valence-corrected chi connectivity index (χ4v) is 11.1. The zero-order valence-corrected chi connectivity index (χ0v) is 50.9. The molecule has 0 aliphatic carbocycles. The molecule has 1 fully saturated rings. The lowest BCUT2D eigenvalue weighted by atomic mass is 9.98. The molecule has 0 aromatic heterocycles. The Labute approximate surface area is 480 Å². The number of hydrogen-bond acceptors (Lipinski definition) is 10. The van der Waals surface area contributed by atoms with Gasteiger partial charge in [0.25, 0.3) is 0 Å². The third-order valence-corrected chi connectivity index (χ3v) is 16.5. The Kier molecular flexibility index (Phi) is 53.6. The van der Waals surface area contributed by atoms with Crippen molar-refractivity contribution in [3.8, 4) is 0 Å². The first kappa shape index (κ1) is 74.6. The molecular formula is C67H129NO10. The molecule has 1 heterocycles. The molecule has 1 amide bonds. The van der Waals surface area contributed by atoms with Gasteiger partial charge in [0.1, 0.15) is 36.6 Å². The van der Waals surface area contributed by atoms with E-state index in [0.29, 0.717) is 19.3 Å². The summed E-state index contributed by atoms with van der Waals surface area (Å²) >= 11 is 0. The average molecular weight is 1110 g/mol. The Morgan fingerprint density at radius 3 is 1.14 bits per heavy atom. The summed E-state index contributed by atoms with van der Waals surface area (Å²) in [5.74, 6) is -0.703. The van der Waals surface area contributed by atoms with Crippen LogP contribution in [0.1, 0.15) is 328 Å². The van der Waals surface area contributed by atoms with Crippen molar-refractivity contribution < 1.29 is 50.0 Å². The maximum atomic E-state index is 13.2. The molecule has 0 aromatic carbocycles. The van der Waals surface area contributed by atoms with E-state index in [1.54, 1.807) is 0 Å². The van der Waals surface area contributed by atoms with Crippen LogP contribution in [0.25, 0.3) is 0 Å². The van der Waals surface area contributed by atoms with E-state index in [1.807, 2.05) is 0 Å². The summed E-state index contributed by atoms with van der Waals surface area (Å²) in [5, 5.41) is 76.4. The highest BCUT2D eigenvalue weighted by Crippen LogP contribution is 2.24. The Hall–Kier alpha value is -1.41. The van der Waals surface area contributed by atoms with Gasteiger partial charge in [0.05, 0.1) is 25.4 Å². The Balaban J connectivity index is 2.25. The predicted octanol–water partition coefficient (Wildman–Crippen LogP) is 15.6. The SMILES string of the molecule is CCCCCCCCCCCCCCCCCC/C=C/CC/C=C/CCCC(O)C(O)C(COC1OC(CO)C(O)C(O)C1O)NC(=O)C(O)CCCCCCCCCCCCCCCCCCCCCCCCCCCC. The van der Waals surface area contributed by atoms with E-state index in [2.05, 4.69) is 43.5 Å². The molecule has 0 spiro atoms. The summed E-state index contributed by atoms with van der Waals surface area (Å²) in [4.78, 5) is 13.2. The highest BCUT2D eigenvalue weighted by Gasteiger charge is 2.44. The number of carbonyl (C=O) groups is 1. The summed E-state index contributed by atoms with van der Waals surface area (Å²) in [6, 6.07) is -1.19. The molecule has 0 aromatic rings. The Bertz CT molecular complexity index is 1320. The van der Waals surface area contributed by atoms with Gasteiger partial charge in [-0.05, 0) is 51.4 Å². The molecular weight excluding hydrogens is 979 g/mol. The molecule has 9 unspecified atom stereocenters. The van der Waals surface area contributed by atoms with Crippen molar-refractivity contribution in [2.45, 2.75) is 384 Å². The first-order valence-electron chi connectivity index (χ1n) is 33.7. The zero-order chi connectivity index (χ0) is 56.8. The number of aliphatic hydroxyl groups is 7. The molecule has 0 bridgehead atoms. The van der Waals surface area contributed by atoms with Crippen LogP contribution in [0.5, 0.6) is 0 Å². The van der Waals surface area contributed by atoms with Gasteiger partial charge >= 0.3 is 0 Å². The fraction of sp³-hybridized carbons (Fsp3) is 0.925. The second-order valence-electron chi connectivity index (χ2n) is 23.9. The minimum Gasteiger partial charge on any atom is -0.394 e. The number of allylic oxidation sites excluding steroid dienone is 4. The lowest BCUT2D eigenvalue weighted by Crippen LogP contribution is -2.60. The van der Waals surface area contributed by atoms with Crippen molar-refractivity contribution in [3.05, 3.63) is 24.3 Å². The van der Waals surface area contributed by atoms with E-state index >= 15 is 0 Å². The normalized spacial score (nSPS) is 19.5. The summed E-state index contributed by atoms with van der Waals surface area (Å²) in [7, 11) is 0. The zero-order valence-electron chi connectivity index (χ0n) is 50.9. The summed E-state index contributed by atoms with van der Waals surface area (Å²) in [6.45, 7) is 3.49. The largest absolute Gasteiger partial charge is 0.394 e. The van der Waals surface area contributed by atoms with E-state index in [1.165, 1.54) is 244 Å². The first-order chi connectivity index (χ1) is 38.2. The maximum Gasteiger partial charge on any atom is 0.249 e. The minimum absolute atomic E-state index is 0.249. The number of unbranched alkanes of at least 4 members (excludes halogenated alkanes) is 43. The molecule has 462 valence electrons. The number of hydrogen-bond donors (Lipinski definition) is 8. The van der Waals surface area contributed by atoms with Gasteiger partial charge in [-0.15, -0.1) is 0 Å². The van der Waals surface area contributed by atoms with E-state index in [0.717, 1.165) is 38.5 Å². The van der Waals surface area contributed by atoms with Gasteiger partial charge in [-0.2, -0.15) is 0 Å². The Morgan fingerprint density at radius 2 is 0.769 bits per heavy atom. The van der Waals surface area contributed by atoms with E-state index in [9.17, 15) is 40.5 Å². The monoisotopic (exact) mass is 1110 g/mol. The van der Waals surface area contributed by atoms with Gasteiger partial charge < -0.3 is 50.5 Å². The van der Waals surface area contributed by atoms with Crippen LogP contribution in [0.4, 0.5) is 0 Å².